The number of esters is 1. The number of benzene rings is 2. The number of aryl methyl sites for hydroxylation is 1. The Labute approximate surface area is 179 Å². The molecule has 0 saturated heterocycles. The summed E-state index contributed by atoms with van der Waals surface area (Å²) in [6.07, 6.45) is 1.51. The zero-order valence-corrected chi connectivity index (χ0v) is 17.4. The number of carbonyl (C=O) groups excluding carboxylic acids is 2. The molecular formula is C20H20Cl2N2O3S. The smallest absolute Gasteiger partial charge is 0.306 e. The summed E-state index contributed by atoms with van der Waals surface area (Å²) in [6.45, 7) is 0.320. The molecule has 0 aliphatic rings. The predicted molar refractivity (Wildman–Crippen MR) is 116 cm³/mol. The highest BCUT2D eigenvalue weighted by Crippen LogP contribution is 2.29. The second-order valence-corrected chi connectivity index (χ2v) is 7.13. The predicted octanol–water partition coefficient (Wildman–Crippen LogP) is 4.76. The van der Waals surface area contributed by atoms with Gasteiger partial charge in [-0.3, -0.25) is 9.59 Å². The summed E-state index contributed by atoms with van der Waals surface area (Å²) in [7, 11) is 0. The Morgan fingerprint density at radius 2 is 1.64 bits per heavy atom. The van der Waals surface area contributed by atoms with Crippen molar-refractivity contribution in [1.82, 2.24) is 5.32 Å². The van der Waals surface area contributed by atoms with Crippen molar-refractivity contribution < 1.29 is 14.3 Å². The zero-order valence-electron chi connectivity index (χ0n) is 15.0. The number of amides is 1. The lowest BCUT2D eigenvalue weighted by atomic mass is 10.1. The van der Waals surface area contributed by atoms with E-state index in [4.69, 9.17) is 40.2 Å². The summed E-state index contributed by atoms with van der Waals surface area (Å²) in [5.74, 6) is -0.821. The molecule has 0 spiro atoms. The van der Waals surface area contributed by atoms with Crippen LogP contribution in [0.4, 0.5) is 5.69 Å². The molecule has 5 nitrogen and oxygen atoms in total. The van der Waals surface area contributed by atoms with Crippen molar-refractivity contribution in [2.45, 2.75) is 25.7 Å². The van der Waals surface area contributed by atoms with Crippen molar-refractivity contribution in [3.8, 4) is 0 Å². The topological polar surface area (TPSA) is 67.4 Å². The van der Waals surface area contributed by atoms with Crippen LogP contribution in [0.2, 0.25) is 10.0 Å². The Hall–Kier alpha value is -2.15. The van der Waals surface area contributed by atoms with Crippen molar-refractivity contribution in [3.05, 3.63) is 64.1 Å². The molecular weight excluding hydrogens is 419 g/mol. The van der Waals surface area contributed by atoms with Gasteiger partial charge in [-0.1, -0.05) is 59.6 Å². The van der Waals surface area contributed by atoms with Gasteiger partial charge in [-0.05, 0) is 42.8 Å². The van der Waals surface area contributed by atoms with E-state index >= 15 is 0 Å². The van der Waals surface area contributed by atoms with Crippen molar-refractivity contribution in [2.75, 3.05) is 11.9 Å². The number of para-hydroxylation sites is 1. The van der Waals surface area contributed by atoms with Gasteiger partial charge >= 0.3 is 5.97 Å². The Bertz CT molecular complexity index is 811. The van der Waals surface area contributed by atoms with E-state index in [-0.39, 0.29) is 18.0 Å². The van der Waals surface area contributed by atoms with Gasteiger partial charge in [0.2, 0.25) is 5.91 Å². The molecule has 0 heterocycles. The summed E-state index contributed by atoms with van der Waals surface area (Å²) in [6, 6.07) is 14.9. The van der Waals surface area contributed by atoms with Crippen LogP contribution in [0.3, 0.4) is 0 Å². The molecule has 2 N–H and O–H groups in total. The lowest BCUT2D eigenvalue weighted by molar-refractivity contribution is -0.145. The van der Waals surface area contributed by atoms with Crippen LogP contribution >= 0.6 is 35.4 Å². The molecule has 0 fully saturated rings. The number of nitrogens with one attached hydrogen (secondary N) is 2. The lowest BCUT2D eigenvalue weighted by Crippen LogP contribution is -2.34. The highest BCUT2D eigenvalue weighted by molar-refractivity contribution is 7.80. The van der Waals surface area contributed by atoms with Gasteiger partial charge in [0.05, 0.1) is 28.8 Å². The van der Waals surface area contributed by atoms with Crippen LogP contribution in [0.1, 0.15) is 24.8 Å². The molecule has 0 unspecified atom stereocenters. The van der Waals surface area contributed by atoms with Crippen LogP contribution in [0.25, 0.3) is 0 Å². The van der Waals surface area contributed by atoms with Crippen molar-refractivity contribution in [3.63, 3.8) is 0 Å². The summed E-state index contributed by atoms with van der Waals surface area (Å²) in [5, 5.41) is 6.07. The summed E-state index contributed by atoms with van der Waals surface area (Å²) in [4.78, 5) is 23.7. The van der Waals surface area contributed by atoms with Gasteiger partial charge in [-0.25, -0.2) is 0 Å². The maximum Gasteiger partial charge on any atom is 0.306 e. The third kappa shape index (κ3) is 7.84. The van der Waals surface area contributed by atoms with Crippen LogP contribution in [0, 0.1) is 0 Å². The van der Waals surface area contributed by atoms with E-state index in [2.05, 4.69) is 10.6 Å². The summed E-state index contributed by atoms with van der Waals surface area (Å²) in [5.41, 5.74) is 1.60. The number of anilines is 1. The largest absolute Gasteiger partial charge is 0.466 e. The number of halogens is 2. The Morgan fingerprint density at radius 1 is 0.964 bits per heavy atom. The van der Waals surface area contributed by atoms with Gasteiger partial charge in [-0.15, -0.1) is 0 Å². The first-order chi connectivity index (χ1) is 13.5. The van der Waals surface area contributed by atoms with Gasteiger partial charge in [0.15, 0.2) is 5.11 Å². The van der Waals surface area contributed by atoms with E-state index < -0.39 is 11.9 Å². The van der Waals surface area contributed by atoms with E-state index in [1.54, 1.807) is 18.2 Å². The standard InChI is InChI=1S/C20H20Cl2N2O3S/c21-15-9-4-10-16(22)19(15)24-20(28)23-17(25)11-12-18(26)27-13-5-8-14-6-2-1-3-7-14/h1-4,6-7,9-10H,5,8,11-13H2,(H2,23,24,25,28). The van der Waals surface area contributed by atoms with Crippen molar-refractivity contribution in [2.24, 2.45) is 0 Å². The highest BCUT2D eigenvalue weighted by atomic mass is 35.5. The van der Waals surface area contributed by atoms with Crippen LogP contribution < -0.4 is 10.6 Å². The molecule has 0 atom stereocenters. The molecule has 0 aliphatic heterocycles. The third-order valence-corrected chi connectivity index (χ3v) is 4.56. The molecule has 2 aromatic rings. The van der Waals surface area contributed by atoms with Crippen LogP contribution in [-0.2, 0) is 20.7 Å². The molecule has 8 heteroatoms. The summed E-state index contributed by atoms with van der Waals surface area (Å²) >= 11 is 17.1. The molecule has 0 bridgehead atoms. The van der Waals surface area contributed by atoms with Gasteiger partial charge in [-0.2, -0.15) is 0 Å². The average Bonchev–Trinajstić information content (AvgIpc) is 2.67. The SMILES string of the molecule is O=C(CCC(=O)OCCCc1ccccc1)NC(=S)Nc1c(Cl)cccc1Cl. The van der Waals surface area contributed by atoms with E-state index in [1.807, 2.05) is 30.3 Å². The van der Waals surface area contributed by atoms with Gasteiger partial charge < -0.3 is 15.4 Å². The van der Waals surface area contributed by atoms with Gasteiger partial charge in [0, 0.05) is 6.42 Å². The second-order valence-electron chi connectivity index (χ2n) is 5.91. The van der Waals surface area contributed by atoms with Crippen molar-refractivity contribution in [1.29, 1.82) is 0 Å². The number of carbonyl (C=O) groups is 2. The lowest BCUT2D eigenvalue weighted by Gasteiger charge is -2.12. The number of rotatable bonds is 8. The second kappa shape index (κ2) is 11.6. The normalized spacial score (nSPS) is 10.2. The minimum absolute atomic E-state index is 0.0212. The third-order valence-electron chi connectivity index (χ3n) is 3.73. The fourth-order valence-corrected chi connectivity index (χ4v) is 3.05. The minimum atomic E-state index is -0.420. The number of ether oxygens (including phenoxy) is 1. The maximum atomic E-state index is 11.9. The quantitative estimate of drug-likeness (QED) is 0.353. The van der Waals surface area contributed by atoms with Crippen LogP contribution in [0.15, 0.2) is 48.5 Å². The van der Waals surface area contributed by atoms with E-state index in [1.165, 1.54) is 5.56 Å². The molecule has 0 aromatic heterocycles. The average molecular weight is 439 g/mol. The molecule has 2 aromatic carbocycles. The first kappa shape index (κ1) is 22.1. The molecule has 0 aliphatic carbocycles. The van der Waals surface area contributed by atoms with Crippen LogP contribution in [0.5, 0.6) is 0 Å². The Kier molecular flexibility index (Phi) is 9.20. The first-order valence-corrected chi connectivity index (χ1v) is 9.86. The molecule has 148 valence electrons. The maximum absolute atomic E-state index is 11.9. The Balaban J connectivity index is 1.63. The monoisotopic (exact) mass is 438 g/mol. The minimum Gasteiger partial charge on any atom is -0.466 e. The van der Waals surface area contributed by atoms with E-state index in [0.717, 1.165) is 12.8 Å². The number of thiocarbonyl (C=S) groups is 1. The van der Waals surface area contributed by atoms with Crippen molar-refractivity contribution >= 4 is 58.1 Å². The number of hydrogen-bond donors (Lipinski definition) is 2. The fourth-order valence-electron chi connectivity index (χ4n) is 2.35. The summed E-state index contributed by atoms with van der Waals surface area (Å²) < 4.78 is 5.14. The van der Waals surface area contributed by atoms with Gasteiger partial charge in [0.1, 0.15) is 0 Å². The molecule has 28 heavy (non-hydrogen) atoms. The highest BCUT2D eigenvalue weighted by Gasteiger charge is 2.12. The van der Waals surface area contributed by atoms with E-state index in [0.29, 0.717) is 22.3 Å². The Morgan fingerprint density at radius 3 is 2.32 bits per heavy atom. The first-order valence-electron chi connectivity index (χ1n) is 8.70. The number of hydrogen-bond acceptors (Lipinski definition) is 4. The molecule has 1 amide bonds. The van der Waals surface area contributed by atoms with Crippen LogP contribution in [-0.4, -0.2) is 23.6 Å². The molecule has 2 rings (SSSR count). The zero-order chi connectivity index (χ0) is 20.4. The van der Waals surface area contributed by atoms with Gasteiger partial charge in [0.25, 0.3) is 0 Å². The molecule has 0 saturated carbocycles. The molecule has 0 radical (unpaired) electrons. The fraction of sp³-hybridized carbons (Fsp3) is 0.250. The van der Waals surface area contributed by atoms with E-state index in [9.17, 15) is 9.59 Å².